The lowest BCUT2D eigenvalue weighted by molar-refractivity contribution is -0.122. The maximum atomic E-state index is 13.2. The Labute approximate surface area is 202 Å². The van der Waals surface area contributed by atoms with Crippen LogP contribution in [-0.2, 0) is 4.79 Å². The molecule has 1 amide bonds. The number of carbonyl (C=O) groups excluding carboxylic acids is 1. The molecule has 3 aromatic carbocycles. The van der Waals surface area contributed by atoms with E-state index >= 15 is 0 Å². The Morgan fingerprint density at radius 1 is 1.09 bits per heavy atom. The van der Waals surface area contributed by atoms with Gasteiger partial charge in [-0.15, -0.1) is 0 Å². The Bertz CT molecular complexity index is 1280. The van der Waals surface area contributed by atoms with Crippen LogP contribution in [0.1, 0.15) is 42.6 Å². The number of amidine groups is 1. The standard InChI is InChI=1S/C27H26N2O4S/c1-3-5-16-33-23-15-12-18-8-6-7-9-21(18)22(23)17-24-25(30)29(4-2)27(34-24)28-20-13-10-19(11-14-20)26(31)32/h6-15,17H,3-5,16H2,1-2H3,(H,31,32)/b24-17+,28-27?. The van der Waals surface area contributed by atoms with Crippen LogP contribution in [0.2, 0.25) is 0 Å². The second-order valence-corrected chi connectivity index (χ2v) is 8.82. The van der Waals surface area contributed by atoms with E-state index in [1.165, 1.54) is 23.9 Å². The molecule has 0 aliphatic carbocycles. The van der Waals surface area contributed by atoms with Crippen molar-refractivity contribution >= 4 is 51.3 Å². The fourth-order valence-electron chi connectivity index (χ4n) is 3.67. The summed E-state index contributed by atoms with van der Waals surface area (Å²) in [6.45, 7) is 5.12. The van der Waals surface area contributed by atoms with Gasteiger partial charge in [-0.3, -0.25) is 9.69 Å². The molecule has 6 nitrogen and oxygen atoms in total. The Hall–Kier alpha value is -3.58. The van der Waals surface area contributed by atoms with Gasteiger partial charge in [0.25, 0.3) is 5.91 Å². The van der Waals surface area contributed by atoms with Gasteiger partial charge in [0, 0.05) is 12.1 Å². The molecule has 7 heteroatoms. The van der Waals surface area contributed by atoms with Gasteiger partial charge in [-0.1, -0.05) is 43.7 Å². The van der Waals surface area contributed by atoms with Crippen molar-refractivity contribution < 1.29 is 19.4 Å². The zero-order valence-electron chi connectivity index (χ0n) is 19.2. The van der Waals surface area contributed by atoms with E-state index in [1.54, 1.807) is 17.0 Å². The number of rotatable bonds is 8. The van der Waals surface area contributed by atoms with Gasteiger partial charge in [0.05, 0.1) is 22.8 Å². The zero-order chi connectivity index (χ0) is 24.1. The van der Waals surface area contributed by atoms with E-state index in [4.69, 9.17) is 9.84 Å². The first-order valence-electron chi connectivity index (χ1n) is 11.3. The average molecular weight is 475 g/mol. The molecule has 1 N–H and O–H groups in total. The van der Waals surface area contributed by atoms with Gasteiger partial charge in [-0.05, 0) is 72.3 Å². The van der Waals surface area contributed by atoms with E-state index in [-0.39, 0.29) is 11.5 Å². The van der Waals surface area contributed by atoms with Crippen LogP contribution in [0.4, 0.5) is 5.69 Å². The summed E-state index contributed by atoms with van der Waals surface area (Å²) in [4.78, 5) is 31.2. The predicted molar refractivity (Wildman–Crippen MR) is 138 cm³/mol. The van der Waals surface area contributed by atoms with E-state index in [0.717, 1.165) is 34.9 Å². The first kappa shape index (κ1) is 23.6. The summed E-state index contributed by atoms with van der Waals surface area (Å²) in [7, 11) is 0. The highest BCUT2D eigenvalue weighted by atomic mass is 32.2. The number of amides is 1. The molecule has 0 spiro atoms. The van der Waals surface area contributed by atoms with Gasteiger partial charge in [-0.2, -0.15) is 0 Å². The highest BCUT2D eigenvalue weighted by molar-refractivity contribution is 8.18. The normalized spacial score (nSPS) is 16.1. The number of unbranched alkanes of at least 4 members (excludes halogenated alkanes) is 1. The molecule has 0 radical (unpaired) electrons. The molecule has 0 unspecified atom stereocenters. The number of likely N-dealkylation sites (N-methyl/N-ethyl adjacent to an activating group) is 1. The summed E-state index contributed by atoms with van der Waals surface area (Å²) in [5, 5.41) is 11.8. The number of nitrogens with zero attached hydrogens (tertiary/aromatic N) is 2. The van der Waals surface area contributed by atoms with Crippen LogP contribution >= 0.6 is 11.8 Å². The Morgan fingerprint density at radius 3 is 2.56 bits per heavy atom. The highest BCUT2D eigenvalue weighted by Crippen LogP contribution is 2.37. The topological polar surface area (TPSA) is 79.2 Å². The second-order valence-electron chi connectivity index (χ2n) is 7.81. The molecule has 3 aromatic rings. The monoisotopic (exact) mass is 474 g/mol. The number of aromatic carboxylic acids is 1. The maximum Gasteiger partial charge on any atom is 0.335 e. The second kappa shape index (κ2) is 10.6. The zero-order valence-corrected chi connectivity index (χ0v) is 20.0. The highest BCUT2D eigenvalue weighted by Gasteiger charge is 2.32. The van der Waals surface area contributed by atoms with Gasteiger partial charge >= 0.3 is 5.97 Å². The molecule has 34 heavy (non-hydrogen) atoms. The summed E-state index contributed by atoms with van der Waals surface area (Å²) in [5.74, 6) is -0.344. The molecule has 1 saturated heterocycles. The van der Waals surface area contributed by atoms with E-state index in [2.05, 4.69) is 11.9 Å². The quantitative estimate of drug-likeness (QED) is 0.304. The number of aliphatic imine (C=N–C) groups is 1. The Morgan fingerprint density at radius 2 is 1.85 bits per heavy atom. The fourth-order valence-corrected chi connectivity index (χ4v) is 4.71. The molecule has 1 aliphatic heterocycles. The van der Waals surface area contributed by atoms with E-state index < -0.39 is 5.97 Å². The van der Waals surface area contributed by atoms with Crippen LogP contribution in [0.3, 0.4) is 0 Å². The molecule has 0 aromatic heterocycles. The molecule has 1 fully saturated rings. The number of benzene rings is 3. The van der Waals surface area contributed by atoms with Crippen LogP contribution in [-0.4, -0.2) is 40.2 Å². The minimum Gasteiger partial charge on any atom is -0.493 e. The smallest absolute Gasteiger partial charge is 0.335 e. The first-order chi connectivity index (χ1) is 16.5. The lowest BCUT2D eigenvalue weighted by atomic mass is 10.0. The molecule has 1 heterocycles. The molecule has 0 atom stereocenters. The summed E-state index contributed by atoms with van der Waals surface area (Å²) in [6.07, 6.45) is 3.89. The number of ether oxygens (including phenoxy) is 1. The number of fused-ring (bicyclic) bond motifs is 1. The average Bonchev–Trinajstić information content (AvgIpc) is 3.14. The van der Waals surface area contributed by atoms with Gasteiger partial charge in [0.1, 0.15) is 5.75 Å². The van der Waals surface area contributed by atoms with Crippen LogP contribution in [0, 0.1) is 0 Å². The lowest BCUT2D eigenvalue weighted by Crippen LogP contribution is -2.28. The number of carboxylic acids is 1. The van der Waals surface area contributed by atoms with Gasteiger partial charge in [0.2, 0.25) is 0 Å². The van der Waals surface area contributed by atoms with Crippen molar-refractivity contribution in [1.29, 1.82) is 0 Å². The van der Waals surface area contributed by atoms with Crippen molar-refractivity contribution in [2.75, 3.05) is 13.2 Å². The Balaban J connectivity index is 1.72. The van der Waals surface area contributed by atoms with Crippen LogP contribution < -0.4 is 4.74 Å². The van der Waals surface area contributed by atoms with Gasteiger partial charge in [0.15, 0.2) is 5.17 Å². The maximum absolute atomic E-state index is 13.2. The molecule has 0 saturated carbocycles. The van der Waals surface area contributed by atoms with Crippen LogP contribution in [0.25, 0.3) is 16.8 Å². The van der Waals surface area contributed by atoms with Crippen molar-refractivity contribution in [3.8, 4) is 5.75 Å². The fraction of sp³-hybridized carbons (Fsp3) is 0.222. The predicted octanol–water partition coefficient (Wildman–Crippen LogP) is 6.34. The largest absolute Gasteiger partial charge is 0.493 e. The molecule has 4 rings (SSSR count). The number of thioether (sulfide) groups is 1. The summed E-state index contributed by atoms with van der Waals surface area (Å²) < 4.78 is 6.08. The van der Waals surface area contributed by atoms with Gasteiger partial charge < -0.3 is 9.84 Å². The van der Waals surface area contributed by atoms with E-state index in [1.807, 2.05) is 49.4 Å². The summed E-state index contributed by atoms with van der Waals surface area (Å²) in [6, 6.07) is 18.3. The van der Waals surface area contributed by atoms with Crippen molar-refractivity contribution in [2.45, 2.75) is 26.7 Å². The third-order valence-corrected chi connectivity index (χ3v) is 6.51. The van der Waals surface area contributed by atoms with Crippen molar-refractivity contribution in [3.05, 3.63) is 76.7 Å². The molecule has 1 aliphatic rings. The van der Waals surface area contributed by atoms with Crippen molar-refractivity contribution in [2.24, 2.45) is 4.99 Å². The molecule has 174 valence electrons. The van der Waals surface area contributed by atoms with Crippen LogP contribution in [0.15, 0.2) is 70.6 Å². The van der Waals surface area contributed by atoms with Gasteiger partial charge in [-0.25, -0.2) is 9.79 Å². The third-order valence-electron chi connectivity index (χ3n) is 5.50. The van der Waals surface area contributed by atoms with Crippen molar-refractivity contribution in [1.82, 2.24) is 4.90 Å². The minimum atomic E-state index is -0.989. The molecular weight excluding hydrogens is 448 g/mol. The van der Waals surface area contributed by atoms with E-state index in [9.17, 15) is 9.59 Å². The summed E-state index contributed by atoms with van der Waals surface area (Å²) in [5.41, 5.74) is 1.67. The number of carbonyl (C=O) groups is 2. The van der Waals surface area contributed by atoms with E-state index in [0.29, 0.717) is 28.9 Å². The lowest BCUT2D eigenvalue weighted by Gasteiger charge is -2.13. The number of hydrogen-bond acceptors (Lipinski definition) is 5. The number of hydrogen-bond donors (Lipinski definition) is 1. The SMILES string of the molecule is CCCCOc1ccc2ccccc2c1/C=C1/SC(=Nc2ccc(C(=O)O)cc2)N(CC)C1=O. The molecular formula is C27H26N2O4S. The minimum absolute atomic E-state index is 0.110. The first-order valence-corrected chi connectivity index (χ1v) is 12.1. The Kier molecular flexibility index (Phi) is 7.33. The third kappa shape index (κ3) is 4.99. The number of carboxylic acid groups (broad SMARTS) is 1. The molecule has 0 bridgehead atoms. The van der Waals surface area contributed by atoms with Crippen LogP contribution in [0.5, 0.6) is 5.75 Å². The summed E-state index contributed by atoms with van der Waals surface area (Å²) >= 11 is 1.31. The van der Waals surface area contributed by atoms with Crippen molar-refractivity contribution in [3.63, 3.8) is 0 Å².